The van der Waals surface area contributed by atoms with E-state index in [0.29, 0.717) is 38.5 Å². The molecule has 0 unspecified atom stereocenters. The first-order chi connectivity index (χ1) is 17.7. The van der Waals surface area contributed by atoms with Crippen LogP contribution >= 0.6 is 28.1 Å². The molecule has 1 amide bonds. The van der Waals surface area contributed by atoms with Crippen LogP contribution in [0, 0.1) is 13.8 Å². The number of amides is 1. The van der Waals surface area contributed by atoms with E-state index in [9.17, 15) is 9.90 Å². The van der Waals surface area contributed by atoms with E-state index in [4.69, 9.17) is 21.4 Å². The van der Waals surface area contributed by atoms with E-state index in [1.165, 1.54) is 13.2 Å². The molecule has 0 aliphatic rings. The van der Waals surface area contributed by atoms with E-state index in [1.54, 1.807) is 18.2 Å². The van der Waals surface area contributed by atoms with Gasteiger partial charge >= 0.3 is 0 Å². The summed E-state index contributed by atoms with van der Waals surface area (Å²) in [7, 11) is 1.51. The monoisotopic (exact) mass is 575 g/mol. The summed E-state index contributed by atoms with van der Waals surface area (Å²) in [6, 6.07) is 18.3. The molecule has 0 saturated carbocycles. The molecule has 0 radical (unpaired) electrons. The lowest BCUT2D eigenvalue weighted by molar-refractivity contribution is 0.0975. The first kappa shape index (κ1) is 24.7. The molecule has 37 heavy (non-hydrogen) atoms. The minimum atomic E-state index is -0.432. The number of halogens is 1. The maximum Gasteiger partial charge on any atom is 0.261 e. The summed E-state index contributed by atoms with van der Waals surface area (Å²) in [6.45, 7) is 3.95. The quantitative estimate of drug-likeness (QED) is 0.201. The number of rotatable bonds is 4. The topological polar surface area (TPSA) is 96.6 Å². The Morgan fingerprint density at radius 1 is 1.11 bits per heavy atom. The van der Waals surface area contributed by atoms with Gasteiger partial charge in [-0.05, 0) is 88.2 Å². The van der Waals surface area contributed by atoms with Crippen LogP contribution in [0.25, 0.3) is 33.3 Å². The highest BCUT2D eigenvalue weighted by atomic mass is 79.9. The highest BCUT2D eigenvalue weighted by Gasteiger charge is 2.20. The lowest BCUT2D eigenvalue weighted by Crippen LogP contribution is -2.34. The van der Waals surface area contributed by atoms with E-state index < -0.39 is 5.91 Å². The molecule has 4 aromatic carbocycles. The second-order valence-electron chi connectivity index (χ2n) is 8.58. The van der Waals surface area contributed by atoms with Gasteiger partial charge in [-0.2, -0.15) is 0 Å². The van der Waals surface area contributed by atoms with Crippen LogP contribution in [0.1, 0.15) is 21.5 Å². The zero-order valence-electron chi connectivity index (χ0n) is 20.2. The molecule has 0 aliphatic heterocycles. The first-order valence-corrected chi connectivity index (χ1v) is 12.5. The van der Waals surface area contributed by atoms with E-state index in [0.717, 1.165) is 27.4 Å². The van der Waals surface area contributed by atoms with Gasteiger partial charge in [0, 0.05) is 11.8 Å². The number of aryl methyl sites for hydroxylation is 2. The molecule has 0 spiro atoms. The van der Waals surface area contributed by atoms with Crippen molar-refractivity contribution < 1.29 is 19.1 Å². The number of carbonyl (C=O) groups excluding carboxylic acids is 1. The largest absolute Gasteiger partial charge is 0.507 e. The summed E-state index contributed by atoms with van der Waals surface area (Å²) in [5.74, 6) is 0.251. The number of thiocarbonyl (C=S) groups is 1. The minimum Gasteiger partial charge on any atom is -0.507 e. The molecular formula is C28H22BrN3O4S. The number of oxazole rings is 1. The van der Waals surface area contributed by atoms with Crippen LogP contribution < -0.4 is 15.4 Å². The Bertz CT molecular complexity index is 1710. The van der Waals surface area contributed by atoms with Crippen molar-refractivity contribution in [2.75, 3.05) is 12.4 Å². The van der Waals surface area contributed by atoms with E-state index in [2.05, 4.69) is 31.5 Å². The number of nitrogens with zero attached hydrogens (tertiary/aromatic N) is 1. The average Bonchev–Trinajstić information content (AvgIpc) is 3.28. The van der Waals surface area contributed by atoms with Crippen molar-refractivity contribution in [3.05, 3.63) is 81.8 Å². The van der Waals surface area contributed by atoms with Crippen molar-refractivity contribution in [2.24, 2.45) is 0 Å². The fourth-order valence-corrected chi connectivity index (χ4v) is 5.21. The summed E-state index contributed by atoms with van der Waals surface area (Å²) in [4.78, 5) is 17.6. The van der Waals surface area contributed by atoms with Crippen molar-refractivity contribution in [3.8, 4) is 23.0 Å². The third kappa shape index (κ3) is 4.75. The SMILES string of the molecule is COc1c(C(=O)NC(=S)Nc2ccc(-c3nc4cc(C)cc(C)c4o3)c(O)c2)cc2ccccc2c1Br. The molecule has 1 heterocycles. The van der Waals surface area contributed by atoms with Gasteiger partial charge in [-0.3, -0.25) is 10.1 Å². The molecular weight excluding hydrogens is 554 g/mol. The third-order valence-electron chi connectivity index (χ3n) is 5.92. The Hall–Kier alpha value is -3.95. The maximum atomic E-state index is 13.1. The first-order valence-electron chi connectivity index (χ1n) is 11.3. The number of aromatic hydroxyl groups is 1. The number of anilines is 1. The number of carbonyl (C=O) groups is 1. The van der Waals surface area contributed by atoms with Crippen LogP contribution in [-0.2, 0) is 0 Å². The number of ether oxygens (including phenoxy) is 1. The number of benzene rings is 4. The number of methoxy groups -OCH3 is 1. The van der Waals surface area contributed by atoms with Crippen molar-refractivity contribution in [1.29, 1.82) is 0 Å². The predicted molar refractivity (Wildman–Crippen MR) is 152 cm³/mol. The maximum absolute atomic E-state index is 13.1. The predicted octanol–water partition coefficient (Wildman–Crippen LogP) is 6.87. The van der Waals surface area contributed by atoms with Gasteiger partial charge < -0.3 is 19.6 Å². The summed E-state index contributed by atoms with van der Waals surface area (Å²) in [6.07, 6.45) is 0. The van der Waals surface area contributed by atoms with Gasteiger partial charge in [0.2, 0.25) is 5.89 Å². The standard InChI is InChI=1S/C28H22BrN3O4S/c1-14-10-15(2)24-21(11-14)31-27(36-24)19-9-8-17(13-22(19)33)30-28(37)32-26(34)20-12-16-6-4-5-7-18(16)23(29)25(20)35-3/h4-13,33H,1-3H3,(H2,30,32,34,37). The Labute approximate surface area is 226 Å². The Kier molecular flexibility index (Phi) is 6.57. The summed E-state index contributed by atoms with van der Waals surface area (Å²) in [5, 5.41) is 18.2. The number of nitrogens with one attached hydrogen (secondary N) is 2. The van der Waals surface area contributed by atoms with Crippen LogP contribution in [0.15, 0.2) is 69.6 Å². The highest BCUT2D eigenvalue weighted by Crippen LogP contribution is 2.37. The van der Waals surface area contributed by atoms with Gasteiger partial charge in [0.05, 0.1) is 22.7 Å². The number of phenols is 1. The van der Waals surface area contributed by atoms with Crippen LogP contribution in [0.5, 0.6) is 11.5 Å². The molecule has 5 rings (SSSR count). The molecule has 186 valence electrons. The number of hydrogen-bond donors (Lipinski definition) is 3. The average molecular weight is 576 g/mol. The third-order valence-corrected chi connectivity index (χ3v) is 6.91. The molecule has 0 atom stereocenters. The molecule has 0 aliphatic carbocycles. The smallest absolute Gasteiger partial charge is 0.261 e. The number of phenolic OH excluding ortho intramolecular Hbond substituents is 1. The highest BCUT2D eigenvalue weighted by molar-refractivity contribution is 9.10. The summed E-state index contributed by atoms with van der Waals surface area (Å²) in [5.41, 5.74) is 4.73. The summed E-state index contributed by atoms with van der Waals surface area (Å²) >= 11 is 8.89. The van der Waals surface area contributed by atoms with Crippen molar-refractivity contribution in [1.82, 2.24) is 10.3 Å². The molecule has 0 fully saturated rings. The fourth-order valence-electron chi connectivity index (χ4n) is 4.27. The zero-order chi connectivity index (χ0) is 26.3. The van der Waals surface area contributed by atoms with Gasteiger partial charge in [0.15, 0.2) is 10.7 Å². The van der Waals surface area contributed by atoms with Gasteiger partial charge in [-0.1, -0.05) is 30.3 Å². The molecule has 5 aromatic rings. The number of hydrogen-bond acceptors (Lipinski definition) is 6. The van der Waals surface area contributed by atoms with E-state index in [1.807, 2.05) is 50.2 Å². The molecule has 3 N–H and O–H groups in total. The number of fused-ring (bicyclic) bond motifs is 2. The fraction of sp³-hybridized carbons (Fsp3) is 0.107. The van der Waals surface area contributed by atoms with E-state index >= 15 is 0 Å². The van der Waals surface area contributed by atoms with Gasteiger partial charge in [-0.15, -0.1) is 0 Å². The number of aromatic nitrogens is 1. The van der Waals surface area contributed by atoms with Gasteiger partial charge in [0.1, 0.15) is 17.0 Å². The lowest BCUT2D eigenvalue weighted by atomic mass is 10.1. The molecule has 7 nitrogen and oxygen atoms in total. The van der Waals surface area contributed by atoms with Crippen molar-refractivity contribution in [3.63, 3.8) is 0 Å². The molecule has 0 bridgehead atoms. The van der Waals surface area contributed by atoms with Crippen LogP contribution in [0.4, 0.5) is 5.69 Å². The van der Waals surface area contributed by atoms with Crippen LogP contribution in [0.2, 0.25) is 0 Å². The lowest BCUT2D eigenvalue weighted by Gasteiger charge is -2.15. The van der Waals surface area contributed by atoms with Crippen molar-refractivity contribution in [2.45, 2.75) is 13.8 Å². The minimum absolute atomic E-state index is 0.0415. The zero-order valence-corrected chi connectivity index (χ0v) is 22.6. The van der Waals surface area contributed by atoms with Crippen LogP contribution in [0.3, 0.4) is 0 Å². The summed E-state index contributed by atoms with van der Waals surface area (Å²) < 4.78 is 12.1. The van der Waals surface area contributed by atoms with E-state index in [-0.39, 0.29) is 10.9 Å². The molecule has 9 heteroatoms. The Morgan fingerprint density at radius 3 is 2.65 bits per heavy atom. The van der Waals surface area contributed by atoms with Crippen LogP contribution in [-0.4, -0.2) is 28.2 Å². The molecule has 1 aromatic heterocycles. The molecule has 0 saturated heterocycles. The Balaban J connectivity index is 1.35. The normalized spacial score (nSPS) is 11.0. The Morgan fingerprint density at radius 2 is 1.89 bits per heavy atom. The second-order valence-corrected chi connectivity index (χ2v) is 9.78. The van der Waals surface area contributed by atoms with Crippen molar-refractivity contribution >= 4 is 66.7 Å². The van der Waals surface area contributed by atoms with Gasteiger partial charge in [-0.25, -0.2) is 4.98 Å². The van der Waals surface area contributed by atoms with Gasteiger partial charge in [0.25, 0.3) is 5.91 Å². The second kappa shape index (κ2) is 9.84.